The first-order valence-corrected chi connectivity index (χ1v) is 5.86. The van der Waals surface area contributed by atoms with Crippen molar-refractivity contribution < 1.29 is 19.1 Å². The average Bonchev–Trinajstić information content (AvgIpc) is 2.88. The number of aryl methyl sites for hydroxylation is 1. The maximum absolute atomic E-state index is 10.9. The second kappa shape index (κ2) is 6.10. The van der Waals surface area contributed by atoms with Crippen molar-refractivity contribution in [3.05, 3.63) is 35.7 Å². The molecule has 0 aliphatic rings. The molecule has 0 bridgehead atoms. The van der Waals surface area contributed by atoms with E-state index >= 15 is 0 Å². The van der Waals surface area contributed by atoms with Gasteiger partial charge in [0.1, 0.15) is 0 Å². The standard InChI is InChI=1S/C13H14N2O4/c1-18-7-3-6-11-14-15-12(19-11)9-4-2-5-10(8-9)13(16)17/h2,4-5,8H,3,6-7H2,1H3,(H,16,17). The van der Waals surface area contributed by atoms with Crippen molar-refractivity contribution >= 4 is 5.97 Å². The molecule has 2 aromatic rings. The summed E-state index contributed by atoms with van der Waals surface area (Å²) in [5, 5.41) is 16.8. The zero-order valence-corrected chi connectivity index (χ0v) is 10.5. The van der Waals surface area contributed by atoms with Crippen molar-refractivity contribution in [3.63, 3.8) is 0 Å². The number of methoxy groups -OCH3 is 1. The Bertz CT molecular complexity index is 565. The third-order valence-corrected chi connectivity index (χ3v) is 2.56. The number of carboxylic acids is 1. The molecule has 0 aliphatic carbocycles. The van der Waals surface area contributed by atoms with Crippen LogP contribution in [0.1, 0.15) is 22.7 Å². The summed E-state index contributed by atoms with van der Waals surface area (Å²) in [5.74, 6) is -0.134. The summed E-state index contributed by atoms with van der Waals surface area (Å²) in [6.07, 6.45) is 1.44. The summed E-state index contributed by atoms with van der Waals surface area (Å²) in [6.45, 7) is 0.631. The number of hydrogen-bond acceptors (Lipinski definition) is 5. The lowest BCUT2D eigenvalue weighted by Gasteiger charge is -1.97. The minimum absolute atomic E-state index is 0.191. The molecule has 6 heteroatoms. The maximum Gasteiger partial charge on any atom is 0.335 e. The van der Waals surface area contributed by atoms with Gasteiger partial charge >= 0.3 is 5.97 Å². The van der Waals surface area contributed by atoms with E-state index in [0.717, 1.165) is 6.42 Å². The van der Waals surface area contributed by atoms with Gasteiger partial charge in [-0.05, 0) is 24.6 Å². The fraction of sp³-hybridized carbons (Fsp3) is 0.308. The Morgan fingerprint density at radius 3 is 3.00 bits per heavy atom. The van der Waals surface area contributed by atoms with Crippen molar-refractivity contribution in [1.29, 1.82) is 0 Å². The van der Waals surface area contributed by atoms with Gasteiger partial charge in [0.15, 0.2) is 0 Å². The first-order chi connectivity index (χ1) is 9.20. The molecule has 0 saturated heterocycles. The Balaban J connectivity index is 2.13. The van der Waals surface area contributed by atoms with Crippen molar-refractivity contribution in [2.45, 2.75) is 12.8 Å². The molecule has 0 fully saturated rings. The maximum atomic E-state index is 10.9. The molecule has 2 rings (SSSR count). The lowest BCUT2D eigenvalue weighted by molar-refractivity contribution is 0.0697. The van der Waals surface area contributed by atoms with E-state index in [2.05, 4.69) is 10.2 Å². The van der Waals surface area contributed by atoms with Crippen LogP contribution in [0.3, 0.4) is 0 Å². The number of benzene rings is 1. The number of carboxylic acid groups (broad SMARTS) is 1. The number of ether oxygens (including phenoxy) is 1. The highest BCUT2D eigenvalue weighted by Gasteiger charge is 2.10. The van der Waals surface area contributed by atoms with Gasteiger partial charge in [0.25, 0.3) is 0 Å². The van der Waals surface area contributed by atoms with Gasteiger partial charge in [0.05, 0.1) is 5.56 Å². The fourth-order valence-corrected chi connectivity index (χ4v) is 1.62. The molecule has 19 heavy (non-hydrogen) atoms. The predicted molar refractivity (Wildman–Crippen MR) is 66.9 cm³/mol. The zero-order chi connectivity index (χ0) is 13.7. The van der Waals surface area contributed by atoms with E-state index in [1.54, 1.807) is 19.2 Å². The summed E-state index contributed by atoms with van der Waals surface area (Å²) in [6, 6.07) is 6.41. The van der Waals surface area contributed by atoms with E-state index < -0.39 is 5.97 Å². The molecule has 1 heterocycles. The molecule has 0 saturated carbocycles. The lowest BCUT2D eigenvalue weighted by Crippen LogP contribution is -1.95. The van der Waals surface area contributed by atoms with Gasteiger partial charge in [-0.2, -0.15) is 0 Å². The van der Waals surface area contributed by atoms with Crippen LogP contribution in [0.2, 0.25) is 0 Å². The minimum Gasteiger partial charge on any atom is -0.478 e. The highest BCUT2D eigenvalue weighted by molar-refractivity contribution is 5.88. The van der Waals surface area contributed by atoms with E-state index in [1.807, 2.05) is 0 Å². The van der Waals surface area contributed by atoms with Gasteiger partial charge in [-0.15, -0.1) is 10.2 Å². The van der Waals surface area contributed by atoms with Gasteiger partial charge < -0.3 is 14.3 Å². The molecule has 0 spiro atoms. The normalized spacial score (nSPS) is 10.6. The molecule has 6 nitrogen and oxygen atoms in total. The summed E-state index contributed by atoms with van der Waals surface area (Å²) < 4.78 is 10.4. The quantitative estimate of drug-likeness (QED) is 0.801. The van der Waals surface area contributed by atoms with Crippen LogP contribution in [0.5, 0.6) is 0 Å². The van der Waals surface area contributed by atoms with Crippen LogP contribution in [0, 0.1) is 0 Å². The summed E-state index contributed by atoms with van der Waals surface area (Å²) in [5.41, 5.74) is 0.794. The van der Waals surface area contributed by atoms with Crippen LogP contribution in [-0.2, 0) is 11.2 Å². The van der Waals surface area contributed by atoms with E-state index in [1.165, 1.54) is 12.1 Å². The van der Waals surface area contributed by atoms with Crippen molar-refractivity contribution in [2.75, 3.05) is 13.7 Å². The first kappa shape index (κ1) is 13.2. The molecule has 100 valence electrons. The molecular formula is C13H14N2O4. The highest BCUT2D eigenvalue weighted by Crippen LogP contribution is 2.19. The third kappa shape index (κ3) is 3.38. The zero-order valence-electron chi connectivity index (χ0n) is 10.5. The van der Waals surface area contributed by atoms with Crippen molar-refractivity contribution in [3.8, 4) is 11.5 Å². The SMILES string of the molecule is COCCCc1nnc(-c2cccc(C(=O)O)c2)o1. The number of aromatic carboxylic acids is 1. The molecule has 1 N–H and O–H groups in total. The van der Waals surface area contributed by atoms with Crippen LogP contribution in [0.4, 0.5) is 0 Å². The summed E-state index contributed by atoms with van der Waals surface area (Å²) in [7, 11) is 1.64. The van der Waals surface area contributed by atoms with Gasteiger partial charge in [0, 0.05) is 25.7 Å². The van der Waals surface area contributed by atoms with Crippen LogP contribution < -0.4 is 0 Å². The van der Waals surface area contributed by atoms with Crippen LogP contribution in [0.25, 0.3) is 11.5 Å². The molecule has 0 aliphatic heterocycles. The van der Waals surface area contributed by atoms with E-state index in [4.69, 9.17) is 14.3 Å². The molecule has 0 amide bonds. The van der Waals surface area contributed by atoms with Crippen molar-refractivity contribution in [1.82, 2.24) is 10.2 Å². The number of nitrogens with zero attached hydrogens (tertiary/aromatic N) is 2. The van der Waals surface area contributed by atoms with Crippen LogP contribution >= 0.6 is 0 Å². The topological polar surface area (TPSA) is 85.5 Å². The monoisotopic (exact) mass is 262 g/mol. The van der Waals surface area contributed by atoms with E-state index in [9.17, 15) is 4.79 Å². The van der Waals surface area contributed by atoms with Gasteiger partial charge in [-0.25, -0.2) is 4.79 Å². The van der Waals surface area contributed by atoms with Gasteiger partial charge in [0.2, 0.25) is 11.8 Å². The first-order valence-electron chi connectivity index (χ1n) is 5.86. The molecular weight excluding hydrogens is 248 g/mol. The second-order valence-corrected chi connectivity index (χ2v) is 3.98. The Hall–Kier alpha value is -2.21. The Morgan fingerprint density at radius 2 is 2.26 bits per heavy atom. The van der Waals surface area contributed by atoms with Gasteiger partial charge in [-0.3, -0.25) is 0 Å². The molecule has 1 aromatic carbocycles. The number of carbonyl (C=O) groups is 1. The number of rotatable bonds is 6. The van der Waals surface area contributed by atoms with Crippen LogP contribution in [-0.4, -0.2) is 35.0 Å². The Morgan fingerprint density at radius 1 is 1.42 bits per heavy atom. The average molecular weight is 262 g/mol. The molecule has 0 radical (unpaired) electrons. The van der Waals surface area contributed by atoms with Gasteiger partial charge in [-0.1, -0.05) is 6.07 Å². The van der Waals surface area contributed by atoms with E-state index in [-0.39, 0.29) is 5.56 Å². The lowest BCUT2D eigenvalue weighted by atomic mass is 10.1. The predicted octanol–water partition coefficient (Wildman–Crippen LogP) is 2.01. The summed E-state index contributed by atoms with van der Waals surface area (Å²) >= 11 is 0. The second-order valence-electron chi connectivity index (χ2n) is 3.98. The molecule has 0 unspecified atom stereocenters. The minimum atomic E-state index is -0.985. The molecule has 0 atom stereocenters. The third-order valence-electron chi connectivity index (χ3n) is 2.56. The Labute approximate surface area is 110 Å². The number of hydrogen-bond donors (Lipinski definition) is 1. The fourth-order valence-electron chi connectivity index (χ4n) is 1.62. The Kier molecular flexibility index (Phi) is 4.25. The largest absolute Gasteiger partial charge is 0.478 e. The molecule has 1 aromatic heterocycles. The highest BCUT2D eigenvalue weighted by atomic mass is 16.5. The smallest absolute Gasteiger partial charge is 0.335 e. The number of aromatic nitrogens is 2. The summed E-state index contributed by atoms with van der Waals surface area (Å²) in [4.78, 5) is 10.9. The van der Waals surface area contributed by atoms with Crippen LogP contribution in [0.15, 0.2) is 28.7 Å². The van der Waals surface area contributed by atoms with E-state index in [0.29, 0.717) is 30.4 Å². The van der Waals surface area contributed by atoms with Crippen molar-refractivity contribution in [2.24, 2.45) is 0 Å².